The predicted octanol–water partition coefficient (Wildman–Crippen LogP) is -0.903. The number of ether oxygens (including phenoxy) is 1. The highest BCUT2D eigenvalue weighted by atomic mass is 16.6. The van der Waals surface area contributed by atoms with Gasteiger partial charge in [0.25, 0.3) is 0 Å². The van der Waals surface area contributed by atoms with Crippen molar-refractivity contribution in [2.75, 3.05) is 0 Å². The van der Waals surface area contributed by atoms with E-state index in [2.05, 4.69) is 4.74 Å². The molecule has 0 aromatic carbocycles. The first-order valence-electron chi connectivity index (χ1n) is 5.76. The lowest BCUT2D eigenvalue weighted by Crippen LogP contribution is -2.67. The van der Waals surface area contributed by atoms with Crippen LogP contribution in [0.4, 0.5) is 0 Å². The molecule has 1 unspecified atom stereocenters. The van der Waals surface area contributed by atoms with Crippen LogP contribution in [0.3, 0.4) is 0 Å². The van der Waals surface area contributed by atoms with E-state index in [1.54, 1.807) is 0 Å². The standard InChI is InChI=1S/C12H14O10/c1-5(13)12(6(2)14,10(20)21)11(9(18)19,4-8(16)17)22-7(3)15/h4H2,1-3H3,(H,16,17)(H,18,19)(H,20,21). The monoisotopic (exact) mass is 318 g/mol. The first-order chi connectivity index (χ1) is 9.86. The molecule has 0 bridgehead atoms. The summed E-state index contributed by atoms with van der Waals surface area (Å²) in [7, 11) is 0. The van der Waals surface area contributed by atoms with Gasteiger partial charge in [-0.3, -0.25) is 24.0 Å². The molecule has 0 saturated carbocycles. The van der Waals surface area contributed by atoms with E-state index in [1.165, 1.54) is 0 Å². The lowest BCUT2D eigenvalue weighted by atomic mass is 9.64. The molecular formula is C12H14O10. The maximum absolute atomic E-state index is 11.8. The summed E-state index contributed by atoms with van der Waals surface area (Å²) in [4.78, 5) is 68.8. The number of ketones is 2. The Balaban J connectivity index is 6.90. The van der Waals surface area contributed by atoms with Gasteiger partial charge in [0.2, 0.25) is 11.0 Å². The van der Waals surface area contributed by atoms with Crippen molar-refractivity contribution in [3.8, 4) is 0 Å². The van der Waals surface area contributed by atoms with Gasteiger partial charge in [-0.15, -0.1) is 0 Å². The third-order valence-corrected chi connectivity index (χ3v) is 3.05. The number of Topliss-reactive ketones (excluding diaryl/α,β-unsaturated/α-hetero) is 2. The number of esters is 1. The van der Waals surface area contributed by atoms with Crippen LogP contribution in [-0.2, 0) is 33.5 Å². The van der Waals surface area contributed by atoms with Crippen LogP contribution < -0.4 is 0 Å². The quantitative estimate of drug-likeness (QED) is 0.376. The molecule has 0 fully saturated rings. The van der Waals surface area contributed by atoms with Crippen LogP contribution in [0.2, 0.25) is 0 Å². The Morgan fingerprint density at radius 1 is 0.818 bits per heavy atom. The van der Waals surface area contributed by atoms with Crippen LogP contribution in [0, 0.1) is 5.41 Å². The fraction of sp³-hybridized carbons (Fsp3) is 0.500. The molecule has 22 heavy (non-hydrogen) atoms. The Morgan fingerprint density at radius 2 is 1.23 bits per heavy atom. The lowest BCUT2D eigenvalue weighted by Gasteiger charge is -2.39. The van der Waals surface area contributed by atoms with E-state index in [0.29, 0.717) is 20.8 Å². The smallest absolute Gasteiger partial charge is 0.351 e. The second-order valence-corrected chi connectivity index (χ2v) is 4.46. The SMILES string of the molecule is CC(=O)OC(CC(=O)O)(C(=O)O)C(C(C)=O)(C(C)=O)C(=O)O. The third-order valence-electron chi connectivity index (χ3n) is 3.05. The first kappa shape index (κ1) is 19.2. The van der Waals surface area contributed by atoms with E-state index in [9.17, 15) is 39.0 Å². The van der Waals surface area contributed by atoms with Gasteiger partial charge in [-0.1, -0.05) is 0 Å². The van der Waals surface area contributed by atoms with E-state index in [0.717, 1.165) is 0 Å². The van der Waals surface area contributed by atoms with E-state index in [1.807, 2.05) is 0 Å². The summed E-state index contributed by atoms with van der Waals surface area (Å²) in [6.45, 7) is 1.88. The molecule has 0 spiro atoms. The average molecular weight is 318 g/mol. The van der Waals surface area contributed by atoms with Crippen molar-refractivity contribution >= 4 is 35.4 Å². The number of rotatable bonds is 8. The van der Waals surface area contributed by atoms with Gasteiger partial charge in [0, 0.05) is 6.92 Å². The van der Waals surface area contributed by atoms with Gasteiger partial charge >= 0.3 is 23.9 Å². The number of aliphatic carboxylic acids is 3. The number of carboxylic acids is 3. The predicted molar refractivity (Wildman–Crippen MR) is 65.8 cm³/mol. The molecule has 0 aliphatic carbocycles. The fourth-order valence-electron chi connectivity index (χ4n) is 2.27. The molecular weight excluding hydrogens is 304 g/mol. The Kier molecular flexibility index (Phi) is 5.53. The van der Waals surface area contributed by atoms with Crippen LogP contribution in [0.15, 0.2) is 0 Å². The molecule has 0 saturated heterocycles. The average Bonchev–Trinajstić information content (AvgIpc) is 2.24. The summed E-state index contributed by atoms with van der Waals surface area (Å²) >= 11 is 0. The second-order valence-electron chi connectivity index (χ2n) is 4.46. The molecule has 0 aromatic rings. The normalized spacial score (nSPS) is 13.6. The minimum atomic E-state index is -3.41. The highest BCUT2D eigenvalue weighted by Crippen LogP contribution is 2.41. The summed E-state index contributed by atoms with van der Waals surface area (Å²) < 4.78 is 4.42. The molecule has 0 aliphatic rings. The van der Waals surface area contributed by atoms with Crippen LogP contribution in [0.25, 0.3) is 0 Å². The molecule has 3 N–H and O–H groups in total. The Hall–Kier alpha value is -2.78. The molecule has 0 rings (SSSR count). The van der Waals surface area contributed by atoms with Gasteiger partial charge in [-0.2, -0.15) is 0 Å². The van der Waals surface area contributed by atoms with Crippen molar-refractivity contribution in [2.45, 2.75) is 32.8 Å². The van der Waals surface area contributed by atoms with Gasteiger partial charge < -0.3 is 20.1 Å². The van der Waals surface area contributed by atoms with Gasteiger partial charge in [0.15, 0.2) is 11.6 Å². The topological polar surface area (TPSA) is 172 Å². The lowest BCUT2D eigenvalue weighted by molar-refractivity contribution is -0.205. The van der Waals surface area contributed by atoms with Crippen LogP contribution >= 0.6 is 0 Å². The molecule has 0 aliphatic heterocycles. The molecule has 10 nitrogen and oxygen atoms in total. The molecule has 10 heteroatoms. The fourth-order valence-corrected chi connectivity index (χ4v) is 2.27. The van der Waals surface area contributed by atoms with E-state index < -0.39 is 52.9 Å². The minimum absolute atomic E-state index is 0.596. The van der Waals surface area contributed by atoms with Crippen molar-refractivity contribution in [3.63, 3.8) is 0 Å². The van der Waals surface area contributed by atoms with Gasteiger partial charge in [0.1, 0.15) is 0 Å². The molecule has 1 atom stereocenters. The largest absolute Gasteiger partial charge is 0.481 e. The summed E-state index contributed by atoms with van der Waals surface area (Å²) in [5, 5.41) is 27.4. The van der Waals surface area contributed by atoms with Crippen molar-refractivity contribution < 1.29 is 48.8 Å². The van der Waals surface area contributed by atoms with Crippen molar-refractivity contribution in [2.24, 2.45) is 5.41 Å². The van der Waals surface area contributed by atoms with E-state index in [4.69, 9.17) is 5.11 Å². The summed E-state index contributed by atoms with van der Waals surface area (Å²) in [5.74, 6) is -10.7. The van der Waals surface area contributed by atoms with Crippen molar-refractivity contribution in [3.05, 3.63) is 0 Å². The van der Waals surface area contributed by atoms with E-state index in [-0.39, 0.29) is 0 Å². The molecule has 0 heterocycles. The Morgan fingerprint density at radius 3 is 1.41 bits per heavy atom. The zero-order valence-corrected chi connectivity index (χ0v) is 11.9. The third kappa shape index (κ3) is 2.80. The molecule has 122 valence electrons. The van der Waals surface area contributed by atoms with Gasteiger partial charge in [-0.25, -0.2) is 4.79 Å². The van der Waals surface area contributed by atoms with Gasteiger partial charge in [-0.05, 0) is 13.8 Å². The zero-order valence-electron chi connectivity index (χ0n) is 11.9. The first-order valence-corrected chi connectivity index (χ1v) is 5.76. The summed E-state index contributed by atoms with van der Waals surface area (Å²) in [6, 6.07) is 0. The zero-order chi connectivity index (χ0) is 17.9. The number of hydrogen-bond donors (Lipinski definition) is 3. The van der Waals surface area contributed by atoms with Gasteiger partial charge in [0.05, 0.1) is 6.42 Å². The molecule has 0 aromatic heterocycles. The van der Waals surface area contributed by atoms with Crippen molar-refractivity contribution in [1.82, 2.24) is 0 Å². The minimum Gasteiger partial charge on any atom is -0.481 e. The van der Waals surface area contributed by atoms with Crippen LogP contribution in [0.1, 0.15) is 27.2 Å². The summed E-state index contributed by atoms with van der Waals surface area (Å²) in [6.07, 6.45) is -1.59. The number of hydrogen-bond acceptors (Lipinski definition) is 7. The Bertz CT molecular complexity index is 506. The summed E-state index contributed by atoms with van der Waals surface area (Å²) in [5.41, 5.74) is -6.79. The second kappa shape index (κ2) is 6.33. The Labute approximate surface area is 123 Å². The number of carbonyl (C=O) groups excluding carboxylic acids is 3. The van der Waals surface area contributed by atoms with E-state index >= 15 is 0 Å². The van der Waals surface area contributed by atoms with Crippen LogP contribution in [0.5, 0.6) is 0 Å². The highest BCUT2D eigenvalue weighted by molar-refractivity contribution is 6.25. The highest BCUT2D eigenvalue weighted by Gasteiger charge is 2.71. The van der Waals surface area contributed by atoms with Crippen LogP contribution in [-0.4, -0.2) is 56.4 Å². The molecule has 0 radical (unpaired) electrons. The maximum atomic E-state index is 11.8. The van der Waals surface area contributed by atoms with Crippen molar-refractivity contribution in [1.29, 1.82) is 0 Å². The number of carbonyl (C=O) groups is 6. The number of carboxylic acid groups (broad SMARTS) is 3. The molecule has 0 amide bonds. The maximum Gasteiger partial charge on any atom is 0.351 e.